The predicted molar refractivity (Wildman–Crippen MR) is 125 cm³/mol. The second-order valence-electron chi connectivity index (χ2n) is 7.25. The van der Waals surface area contributed by atoms with E-state index in [1.165, 1.54) is 55.5 Å². The van der Waals surface area contributed by atoms with Gasteiger partial charge in [-0.2, -0.15) is 0 Å². The quantitative estimate of drug-likeness (QED) is 0.194. The fourth-order valence-corrected chi connectivity index (χ4v) is 2.70. The molecule has 0 fully saturated rings. The molecule has 0 unspecified atom stereocenters. The van der Waals surface area contributed by atoms with Crippen LogP contribution < -0.4 is 9.47 Å². The third-order valence-corrected chi connectivity index (χ3v) is 4.51. The molecule has 0 N–H and O–H groups in total. The van der Waals surface area contributed by atoms with E-state index >= 15 is 0 Å². The number of ether oxygens (including phenoxy) is 4. The molecule has 0 radical (unpaired) electrons. The van der Waals surface area contributed by atoms with Gasteiger partial charge in [0.15, 0.2) is 0 Å². The van der Waals surface area contributed by atoms with Crippen molar-refractivity contribution in [1.29, 1.82) is 0 Å². The molecule has 35 heavy (non-hydrogen) atoms. The van der Waals surface area contributed by atoms with E-state index in [0.717, 1.165) is 0 Å². The zero-order valence-electron chi connectivity index (χ0n) is 18.9. The zero-order valence-corrected chi connectivity index (χ0v) is 18.9. The maximum absolute atomic E-state index is 12.4. The Bertz CT molecular complexity index is 1210. The SMILES string of the molecule is C=C(C)C(=O)OCCOC(=O)c1ccc(C(=O)Oc2ccc(OC(=O)c3ccccc3)cc2)cc1. The van der Waals surface area contributed by atoms with Crippen LogP contribution in [0.1, 0.15) is 38.0 Å². The van der Waals surface area contributed by atoms with E-state index in [-0.39, 0.29) is 35.7 Å². The highest BCUT2D eigenvalue weighted by Crippen LogP contribution is 2.20. The minimum atomic E-state index is -0.634. The third kappa shape index (κ3) is 7.40. The Morgan fingerprint density at radius 3 is 1.51 bits per heavy atom. The molecular formula is C27H22O8. The fraction of sp³-hybridized carbons (Fsp3) is 0.111. The number of hydrogen-bond donors (Lipinski definition) is 0. The van der Waals surface area contributed by atoms with E-state index in [4.69, 9.17) is 18.9 Å². The largest absolute Gasteiger partial charge is 0.459 e. The van der Waals surface area contributed by atoms with E-state index < -0.39 is 23.9 Å². The second kappa shape index (κ2) is 11.9. The van der Waals surface area contributed by atoms with Crippen LogP contribution in [0.5, 0.6) is 11.5 Å². The van der Waals surface area contributed by atoms with Crippen molar-refractivity contribution >= 4 is 23.9 Å². The topological polar surface area (TPSA) is 105 Å². The number of carbonyl (C=O) groups is 4. The van der Waals surface area contributed by atoms with E-state index in [1.807, 2.05) is 0 Å². The van der Waals surface area contributed by atoms with E-state index in [1.54, 1.807) is 30.3 Å². The Labute approximate surface area is 201 Å². The molecule has 0 aliphatic rings. The summed E-state index contributed by atoms with van der Waals surface area (Å²) in [5, 5.41) is 0. The van der Waals surface area contributed by atoms with Crippen molar-refractivity contribution in [2.75, 3.05) is 13.2 Å². The van der Waals surface area contributed by atoms with Gasteiger partial charge >= 0.3 is 23.9 Å². The van der Waals surface area contributed by atoms with Crippen molar-refractivity contribution < 1.29 is 38.1 Å². The van der Waals surface area contributed by atoms with Gasteiger partial charge in [0, 0.05) is 5.57 Å². The van der Waals surface area contributed by atoms with Crippen molar-refractivity contribution in [3.63, 3.8) is 0 Å². The molecule has 0 heterocycles. The Hall–Kier alpha value is -4.72. The van der Waals surface area contributed by atoms with Crippen LogP contribution in [-0.2, 0) is 14.3 Å². The molecule has 0 bridgehead atoms. The lowest BCUT2D eigenvalue weighted by molar-refractivity contribution is -0.140. The van der Waals surface area contributed by atoms with E-state index in [0.29, 0.717) is 11.3 Å². The molecule has 3 rings (SSSR count). The van der Waals surface area contributed by atoms with Crippen molar-refractivity contribution in [2.45, 2.75) is 6.92 Å². The van der Waals surface area contributed by atoms with Crippen LogP contribution in [0.15, 0.2) is 91.0 Å². The number of hydrogen-bond acceptors (Lipinski definition) is 8. The van der Waals surface area contributed by atoms with Crippen LogP contribution in [0.25, 0.3) is 0 Å². The predicted octanol–water partition coefficient (Wildman–Crippen LogP) is 4.40. The van der Waals surface area contributed by atoms with Crippen molar-refractivity contribution in [3.8, 4) is 11.5 Å². The summed E-state index contributed by atoms with van der Waals surface area (Å²) in [6.07, 6.45) is 0. The van der Waals surface area contributed by atoms with Gasteiger partial charge < -0.3 is 18.9 Å². The smallest absolute Gasteiger partial charge is 0.343 e. The molecular weight excluding hydrogens is 452 g/mol. The molecule has 8 nitrogen and oxygen atoms in total. The van der Waals surface area contributed by atoms with Gasteiger partial charge in [0.05, 0.1) is 16.7 Å². The van der Waals surface area contributed by atoms with Gasteiger partial charge in [-0.3, -0.25) is 0 Å². The molecule has 0 aromatic heterocycles. The van der Waals surface area contributed by atoms with Gasteiger partial charge in [0.1, 0.15) is 24.7 Å². The molecule has 8 heteroatoms. The Balaban J connectivity index is 1.49. The zero-order chi connectivity index (χ0) is 25.2. The summed E-state index contributed by atoms with van der Waals surface area (Å²) in [5.41, 5.74) is 1.11. The molecule has 3 aromatic carbocycles. The Morgan fingerprint density at radius 1 is 0.600 bits per heavy atom. The van der Waals surface area contributed by atoms with Gasteiger partial charge in [-0.1, -0.05) is 24.8 Å². The summed E-state index contributed by atoms with van der Waals surface area (Å²) in [6.45, 7) is 4.76. The molecule has 0 aliphatic carbocycles. The highest BCUT2D eigenvalue weighted by molar-refractivity contribution is 5.94. The van der Waals surface area contributed by atoms with Crippen LogP contribution in [0.3, 0.4) is 0 Å². The lowest BCUT2D eigenvalue weighted by Crippen LogP contribution is -2.14. The lowest BCUT2D eigenvalue weighted by atomic mass is 10.1. The summed E-state index contributed by atoms with van der Waals surface area (Å²) in [4.78, 5) is 47.8. The third-order valence-electron chi connectivity index (χ3n) is 4.51. The highest BCUT2D eigenvalue weighted by atomic mass is 16.6. The molecule has 178 valence electrons. The first-order chi connectivity index (χ1) is 16.8. The van der Waals surface area contributed by atoms with Crippen LogP contribution in [0.2, 0.25) is 0 Å². The van der Waals surface area contributed by atoms with Gasteiger partial charge in [-0.05, 0) is 67.6 Å². The second-order valence-corrected chi connectivity index (χ2v) is 7.25. The minimum Gasteiger partial charge on any atom is -0.459 e. The Kier molecular flexibility index (Phi) is 8.50. The van der Waals surface area contributed by atoms with E-state index in [2.05, 4.69) is 6.58 Å². The average molecular weight is 474 g/mol. The number of rotatable bonds is 9. The first-order valence-corrected chi connectivity index (χ1v) is 10.5. The van der Waals surface area contributed by atoms with Crippen molar-refractivity contribution in [3.05, 3.63) is 108 Å². The van der Waals surface area contributed by atoms with Gasteiger partial charge in [-0.25, -0.2) is 19.2 Å². The molecule has 0 spiro atoms. The van der Waals surface area contributed by atoms with Crippen LogP contribution in [-0.4, -0.2) is 37.1 Å². The summed E-state index contributed by atoms with van der Waals surface area (Å²) >= 11 is 0. The fourth-order valence-electron chi connectivity index (χ4n) is 2.70. The molecule has 0 saturated carbocycles. The number of carbonyl (C=O) groups excluding carboxylic acids is 4. The minimum absolute atomic E-state index is 0.0912. The number of benzene rings is 3. The van der Waals surface area contributed by atoms with E-state index in [9.17, 15) is 19.2 Å². The maximum Gasteiger partial charge on any atom is 0.343 e. The van der Waals surface area contributed by atoms with Gasteiger partial charge in [-0.15, -0.1) is 0 Å². The molecule has 0 aliphatic heterocycles. The summed E-state index contributed by atoms with van der Waals surface area (Å²) in [6, 6.07) is 20.3. The lowest BCUT2D eigenvalue weighted by Gasteiger charge is -2.08. The standard InChI is InChI=1S/C27H22O8/c1-18(2)24(28)32-16-17-33-25(29)20-8-10-21(11-9-20)27(31)35-23-14-12-22(13-15-23)34-26(30)19-6-4-3-5-7-19/h3-15H,1,16-17H2,2H3. The molecule has 0 atom stereocenters. The van der Waals surface area contributed by atoms with Gasteiger partial charge in [0.25, 0.3) is 0 Å². The number of esters is 4. The van der Waals surface area contributed by atoms with Crippen LogP contribution in [0.4, 0.5) is 0 Å². The van der Waals surface area contributed by atoms with Crippen molar-refractivity contribution in [1.82, 2.24) is 0 Å². The van der Waals surface area contributed by atoms with Crippen LogP contribution >= 0.6 is 0 Å². The molecule has 3 aromatic rings. The van der Waals surface area contributed by atoms with Crippen molar-refractivity contribution in [2.24, 2.45) is 0 Å². The summed E-state index contributed by atoms with van der Waals surface area (Å²) in [5.74, 6) is -1.77. The summed E-state index contributed by atoms with van der Waals surface area (Å²) < 4.78 is 20.5. The maximum atomic E-state index is 12.4. The first kappa shape index (κ1) is 24.9. The normalized spacial score (nSPS) is 10.1. The summed E-state index contributed by atoms with van der Waals surface area (Å²) in [7, 11) is 0. The first-order valence-electron chi connectivity index (χ1n) is 10.5. The molecule has 0 amide bonds. The van der Waals surface area contributed by atoms with Gasteiger partial charge in [0.2, 0.25) is 0 Å². The average Bonchev–Trinajstić information content (AvgIpc) is 2.88. The molecule has 0 saturated heterocycles. The Morgan fingerprint density at radius 2 is 1.03 bits per heavy atom. The highest BCUT2D eigenvalue weighted by Gasteiger charge is 2.13. The van der Waals surface area contributed by atoms with Crippen LogP contribution in [0, 0.1) is 0 Å². The monoisotopic (exact) mass is 474 g/mol.